The summed E-state index contributed by atoms with van der Waals surface area (Å²) in [7, 11) is 0. The maximum Gasteiger partial charge on any atom is 0.418 e. The van der Waals surface area contributed by atoms with Crippen LogP contribution < -0.4 is 15.4 Å². The summed E-state index contributed by atoms with van der Waals surface area (Å²) in [6, 6.07) is 13.8. The van der Waals surface area contributed by atoms with Crippen LogP contribution in [0.1, 0.15) is 12.5 Å². The first-order valence-corrected chi connectivity index (χ1v) is 9.33. The third-order valence-electron chi connectivity index (χ3n) is 4.59. The molecule has 0 saturated heterocycles. The number of carbonyl (C=O) groups is 1. The summed E-state index contributed by atoms with van der Waals surface area (Å²) in [6.07, 6.45) is 1.60. The highest BCUT2D eigenvalue weighted by atomic mass is 19.3. The molecule has 154 valence electrons. The zero-order valence-corrected chi connectivity index (χ0v) is 16.4. The van der Waals surface area contributed by atoms with E-state index in [9.17, 15) is 18.8 Å². The number of ether oxygens (including phenoxy) is 1. The third kappa shape index (κ3) is 4.31. The minimum atomic E-state index is -2.92. The molecule has 0 bridgehead atoms. The Balaban J connectivity index is 2.01. The van der Waals surface area contributed by atoms with Crippen LogP contribution in [0.25, 0.3) is 22.2 Å². The number of rotatable bonds is 7. The average molecular weight is 411 g/mol. The molecule has 0 aliphatic rings. The number of halogens is 2. The standard InChI is InChI=1S/C22H20F2N4O2/c1-3-11-26-22(29)27-15-7-5-14(6-8-15)20-18(13-25)17-10-9-16(30-21(23)24)12-19(17)28(20)4-2/h3,5-10,12,21H,1,4,11H2,2H3,(H2,26,27,29)/p+1. The minimum absolute atomic E-state index is 0.0382. The highest BCUT2D eigenvalue weighted by Crippen LogP contribution is 2.35. The lowest BCUT2D eigenvalue weighted by Gasteiger charge is -2.10. The summed E-state index contributed by atoms with van der Waals surface area (Å²) in [5, 5.41) is 14.6. The van der Waals surface area contributed by atoms with Crippen molar-refractivity contribution in [3.05, 3.63) is 60.7 Å². The lowest BCUT2D eigenvalue weighted by Crippen LogP contribution is -2.85. The molecule has 3 rings (SSSR count). The van der Waals surface area contributed by atoms with Crippen molar-refractivity contribution in [3.8, 4) is 23.1 Å². The van der Waals surface area contributed by atoms with E-state index in [0.29, 0.717) is 40.9 Å². The normalized spacial score (nSPS) is 10.8. The second-order valence-electron chi connectivity index (χ2n) is 6.44. The minimum Gasteiger partial charge on any atom is -0.435 e. The van der Waals surface area contributed by atoms with Crippen LogP contribution in [0.3, 0.4) is 0 Å². The van der Waals surface area contributed by atoms with Crippen LogP contribution in [0.4, 0.5) is 19.3 Å². The number of nitrogens with one attached hydrogen (secondary N) is 1. The molecule has 2 amide bonds. The van der Waals surface area contributed by atoms with Gasteiger partial charge in [0.05, 0.1) is 16.8 Å². The Hall–Kier alpha value is -3.70. The van der Waals surface area contributed by atoms with E-state index in [1.165, 1.54) is 17.4 Å². The zero-order chi connectivity index (χ0) is 21.7. The van der Waals surface area contributed by atoms with E-state index in [0.717, 1.165) is 5.56 Å². The molecule has 0 aliphatic carbocycles. The van der Waals surface area contributed by atoms with Gasteiger partial charge in [-0.2, -0.15) is 14.0 Å². The highest BCUT2D eigenvalue weighted by molar-refractivity contribution is 5.95. The van der Waals surface area contributed by atoms with Crippen LogP contribution >= 0.6 is 0 Å². The summed E-state index contributed by atoms with van der Waals surface area (Å²) < 4.78 is 31.6. The van der Waals surface area contributed by atoms with E-state index in [4.69, 9.17) is 0 Å². The van der Waals surface area contributed by atoms with Crippen LogP contribution in [0.5, 0.6) is 5.75 Å². The Bertz CT molecular complexity index is 1110. The molecule has 2 aromatic carbocycles. The molecular formula is C22H21F2N4O2+. The molecule has 0 radical (unpaired) electrons. The maximum atomic E-state index is 12.6. The monoisotopic (exact) mass is 411 g/mol. The number of aromatic nitrogens is 1. The van der Waals surface area contributed by atoms with Crippen molar-refractivity contribution >= 4 is 22.6 Å². The van der Waals surface area contributed by atoms with Crippen molar-refractivity contribution in [2.45, 2.75) is 20.1 Å². The number of carbonyl (C=O) groups excluding carboxylic acids is 1. The van der Waals surface area contributed by atoms with Gasteiger partial charge in [0.25, 0.3) is 0 Å². The molecule has 1 heterocycles. The van der Waals surface area contributed by atoms with Crippen LogP contribution in [0, 0.1) is 11.3 Å². The van der Waals surface area contributed by atoms with E-state index in [-0.39, 0.29) is 11.8 Å². The number of benzene rings is 2. The molecule has 0 atom stereocenters. The van der Waals surface area contributed by atoms with E-state index in [1.54, 1.807) is 24.3 Å². The number of nitrogens with two attached hydrogens (primary N) is 1. The number of nitrogens with zero attached hydrogens (tertiary/aromatic N) is 2. The number of alkyl halides is 2. The fraction of sp³-hybridized carbons (Fsp3) is 0.182. The molecule has 3 aromatic rings. The van der Waals surface area contributed by atoms with Gasteiger partial charge in [0.1, 0.15) is 17.5 Å². The number of quaternary nitrogens is 1. The van der Waals surface area contributed by atoms with Crippen molar-refractivity contribution < 1.29 is 23.6 Å². The van der Waals surface area contributed by atoms with Crippen LogP contribution in [0.15, 0.2) is 55.1 Å². The van der Waals surface area contributed by atoms with Crippen molar-refractivity contribution in [3.63, 3.8) is 0 Å². The number of primary amides is 1. The maximum absolute atomic E-state index is 12.6. The molecule has 30 heavy (non-hydrogen) atoms. The van der Waals surface area contributed by atoms with Gasteiger partial charge in [0.2, 0.25) is 0 Å². The van der Waals surface area contributed by atoms with E-state index >= 15 is 0 Å². The number of nitriles is 1. The first-order valence-electron chi connectivity index (χ1n) is 9.33. The first kappa shape index (κ1) is 21.0. The van der Waals surface area contributed by atoms with E-state index in [2.05, 4.69) is 22.7 Å². The third-order valence-corrected chi connectivity index (χ3v) is 4.59. The molecular weight excluding hydrogens is 390 g/mol. The SMILES string of the molecule is C=CCNC(=O)[NH2+]c1ccc(-c2c(C#N)c3ccc(OC(F)F)cc3n2CC)cc1. The van der Waals surface area contributed by atoms with E-state index in [1.807, 2.05) is 23.6 Å². The predicted octanol–water partition coefficient (Wildman–Crippen LogP) is 3.89. The van der Waals surface area contributed by atoms with Crippen LogP contribution in [0.2, 0.25) is 0 Å². The predicted molar refractivity (Wildman–Crippen MR) is 110 cm³/mol. The van der Waals surface area contributed by atoms with Gasteiger partial charge in [-0.15, -0.1) is 6.58 Å². The number of amides is 2. The molecule has 0 saturated carbocycles. The number of urea groups is 1. The molecule has 1 aromatic heterocycles. The van der Waals surface area contributed by atoms with Gasteiger partial charge in [-0.25, -0.2) is 10.1 Å². The lowest BCUT2D eigenvalue weighted by molar-refractivity contribution is -0.464. The van der Waals surface area contributed by atoms with Crippen molar-refractivity contribution in [2.24, 2.45) is 0 Å². The molecule has 3 N–H and O–H groups in total. The van der Waals surface area contributed by atoms with Gasteiger partial charge in [-0.1, -0.05) is 6.08 Å². The Labute approximate surface area is 172 Å². The summed E-state index contributed by atoms with van der Waals surface area (Å²) >= 11 is 0. The number of aryl methyl sites for hydroxylation is 1. The fourth-order valence-electron chi connectivity index (χ4n) is 3.36. The van der Waals surface area contributed by atoms with Crippen LogP contribution in [-0.4, -0.2) is 23.8 Å². The molecule has 0 unspecified atom stereocenters. The molecule has 8 heteroatoms. The van der Waals surface area contributed by atoms with E-state index < -0.39 is 6.61 Å². The topological polar surface area (TPSA) is 83.7 Å². The Morgan fingerprint density at radius 2 is 2.07 bits per heavy atom. The lowest BCUT2D eigenvalue weighted by atomic mass is 10.1. The van der Waals surface area contributed by atoms with Gasteiger partial charge in [-0.05, 0) is 36.8 Å². The summed E-state index contributed by atoms with van der Waals surface area (Å²) in [5.41, 5.74) is 3.28. The summed E-state index contributed by atoms with van der Waals surface area (Å²) in [4.78, 5) is 11.8. The first-order chi connectivity index (χ1) is 14.5. The molecule has 0 aliphatic heterocycles. The quantitative estimate of drug-likeness (QED) is 0.457. The Kier molecular flexibility index (Phi) is 6.45. The highest BCUT2D eigenvalue weighted by Gasteiger charge is 2.19. The fourth-order valence-corrected chi connectivity index (χ4v) is 3.36. The van der Waals surface area contributed by atoms with Crippen molar-refractivity contribution in [2.75, 3.05) is 6.54 Å². The van der Waals surface area contributed by atoms with Crippen molar-refractivity contribution in [1.29, 1.82) is 5.26 Å². The van der Waals surface area contributed by atoms with Gasteiger partial charge in [-0.3, -0.25) is 0 Å². The second kappa shape index (κ2) is 9.20. The molecule has 0 fully saturated rings. The average Bonchev–Trinajstić information content (AvgIpc) is 3.05. The van der Waals surface area contributed by atoms with Crippen molar-refractivity contribution in [1.82, 2.24) is 9.88 Å². The van der Waals surface area contributed by atoms with Gasteiger partial charge < -0.3 is 14.6 Å². The summed E-state index contributed by atoms with van der Waals surface area (Å²) in [6.45, 7) is 3.46. The number of hydrogen-bond acceptors (Lipinski definition) is 3. The number of hydrogen-bond donors (Lipinski definition) is 2. The second-order valence-corrected chi connectivity index (χ2v) is 6.44. The smallest absolute Gasteiger partial charge is 0.418 e. The Morgan fingerprint density at radius 1 is 1.33 bits per heavy atom. The van der Waals surface area contributed by atoms with Gasteiger partial charge in [0.15, 0.2) is 0 Å². The molecule has 0 spiro atoms. The summed E-state index contributed by atoms with van der Waals surface area (Å²) in [5.74, 6) is 0.0382. The zero-order valence-electron chi connectivity index (χ0n) is 16.4. The van der Waals surface area contributed by atoms with Crippen LogP contribution in [-0.2, 0) is 6.54 Å². The molecule has 6 nitrogen and oxygen atoms in total. The van der Waals surface area contributed by atoms with Gasteiger partial charge in [0, 0.05) is 36.7 Å². The number of fused-ring (bicyclic) bond motifs is 1. The largest absolute Gasteiger partial charge is 0.435 e. The van der Waals surface area contributed by atoms with Gasteiger partial charge >= 0.3 is 12.6 Å². The Morgan fingerprint density at radius 3 is 2.67 bits per heavy atom.